The summed E-state index contributed by atoms with van der Waals surface area (Å²) in [7, 11) is 0. The average molecular weight is 311 g/mol. The summed E-state index contributed by atoms with van der Waals surface area (Å²) in [6.45, 7) is 2.85. The third kappa shape index (κ3) is 4.48. The minimum Gasteiger partial charge on any atom is -0.310 e. The summed E-state index contributed by atoms with van der Waals surface area (Å²) in [6.07, 6.45) is 4.31. The van der Waals surface area contributed by atoms with Crippen LogP contribution in [0.4, 0.5) is 8.78 Å². The van der Waals surface area contributed by atoms with Gasteiger partial charge in [0.1, 0.15) is 11.6 Å². The molecule has 0 aliphatic carbocycles. The van der Waals surface area contributed by atoms with Crippen LogP contribution in [-0.2, 0) is 6.42 Å². The fourth-order valence-corrected chi connectivity index (χ4v) is 2.40. The summed E-state index contributed by atoms with van der Waals surface area (Å²) < 4.78 is 26.5. The average Bonchev–Trinajstić information content (AvgIpc) is 2.45. The van der Waals surface area contributed by atoms with Crippen molar-refractivity contribution >= 4 is 11.6 Å². The molecule has 1 atom stereocenters. The molecule has 2 aromatic rings. The van der Waals surface area contributed by atoms with Crippen molar-refractivity contribution in [3.63, 3.8) is 0 Å². The van der Waals surface area contributed by atoms with E-state index in [0.717, 1.165) is 24.1 Å². The number of hydrogen-bond donors (Lipinski definition) is 1. The molecule has 1 aromatic heterocycles. The van der Waals surface area contributed by atoms with E-state index < -0.39 is 0 Å². The molecule has 2 nitrogen and oxygen atoms in total. The number of hydrogen-bond acceptors (Lipinski definition) is 2. The molecule has 0 aliphatic heterocycles. The van der Waals surface area contributed by atoms with Gasteiger partial charge in [0.2, 0.25) is 0 Å². The summed E-state index contributed by atoms with van der Waals surface area (Å²) >= 11 is 6.07. The largest absolute Gasteiger partial charge is 0.310 e. The molecule has 0 amide bonds. The van der Waals surface area contributed by atoms with Gasteiger partial charge in [-0.2, -0.15) is 0 Å². The van der Waals surface area contributed by atoms with E-state index in [-0.39, 0.29) is 17.7 Å². The van der Waals surface area contributed by atoms with E-state index in [9.17, 15) is 8.78 Å². The first-order chi connectivity index (χ1) is 10.1. The smallest absolute Gasteiger partial charge is 0.141 e. The zero-order chi connectivity index (χ0) is 15.2. The van der Waals surface area contributed by atoms with E-state index in [1.54, 1.807) is 12.3 Å². The normalized spacial score (nSPS) is 12.4. The Morgan fingerprint density at radius 1 is 1.19 bits per heavy atom. The van der Waals surface area contributed by atoms with Crippen molar-refractivity contribution in [3.8, 4) is 0 Å². The van der Waals surface area contributed by atoms with E-state index in [1.807, 2.05) is 0 Å². The summed E-state index contributed by atoms with van der Waals surface area (Å²) in [5.74, 6) is -0.741. The summed E-state index contributed by atoms with van der Waals surface area (Å²) in [4.78, 5) is 3.88. The Kier molecular flexibility index (Phi) is 5.65. The van der Waals surface area contributed by atoms with E-state index in [4.69, 9.17) is 11.6 Å². The van der Waals surface area contributed by atoms with Crippen molar-refractivity contribution in [1.82, 2.24) is 10.3 Å². The maximum Gasteiger partial charge on any atom is 0.141 e. The molecule has 0 bridgehead atoms. The van der Waals surface area contributed by atoms with Gasteiger partial charge in [0.05, 0.1) is 6.20 Å². The van der Waals surface area contributed by atoms with Crippen molar-refractivity contribution < 1.29 is 8.78 Å². The molecule has 0 aliphatic rings. The maximum absolute atomic E-state index is 13.4. The van der Waals surface area contributed by atoms with E-state index >= 15 is 0 Å². The molecule has 1 unspecified atom stereocenters. The molecule has 1 N–H and O–H groups in total. The number of nitrogens with one attached hydrogen (secondary N) is 1. The van der Waals surface area contributed by atoms with Gasteiger partial charge in [0, 0.05) is 17.3 Å². The van der Waals surface area contributed by atoms with Crippen LogP contribution in [0.15, 0.2) is 36.7 Å². The number of aromatic nitrogens is 1. The first-order valence-corrected chi connectivity index (χ1v) is 7.25. The number of halogens is 3. The lowest BCUT2D eigenvalue weighted by atomic mass is 10.00. The summed E-state index contributed by atoms with van der Waals surface area (Å²) in [5.41, 5.74) is 1.57. The fourth-order valence-electron chi connectivity index (χ4n) is 2.15. The number of rotatable bonds is 6. The minimum atomic E-state index is -0.374. The Labute approximate surface area is 128 Å². The molecule has 0 fully saturated rings. The molecule has 0 radical (unpaired) electrons. The van der Waals surface area contributed by atoms with E-state index in [2.05, 4.69) is 17.2 Å². The first-order valence-electron chi connectivity index (χ1n) is 6.88. The third-order valence-corrected chi connectivity index (χ3v) is 3.56. The Balaban J connectivity index is 2.23. The van der Waals surface area contributed by atoms with Crippen molar-refractivity contribution in [3.05, 3.63) is 64.4 Å². The Morgan fingerprint density at radius 3 is 2.67 bits per heavy atom. The van der Waals surface area contributed by atoms with Crippen LogP contribution in [0.1, 0.15) is 30.5 Å². The Bertz CT molecular complexity index is 605. The molecule has 1 aromatic carbocycles. The molecule has 0 saturated heterocycles. The Morgan fingerprint density at radius 2 is 2.00 bits per heavy atom. The molecule has 2 rings (SSSR count). The number of nitrogens with zero attached hydrogens (tertiary/aromatic N) is 1. The minimum absolute atomic E-state index is 0.115. The topological polar surface area (TPSA) is 24.9 Å². The fraction of sp³-hybridized carbons (Fsp3) is 0.312. The molecular weight excluding hydrogens is 294 g/mol. The zero-order valence-electron chi connectivity index (χ0n) is 11.7. The molecule has 0 spiro atoms. The molecule has 0 saturated carbocycles. The van der Waals surface area contributed by atoms with E-state index in [0.29, 0.717) is 11.4 Å². The maximum atomic E-state index is 13.4. The van der Waals surface area contributed by atoms with Gasteiger partial charge in [-0.1, -0.05) is 24.6 Å². The second-order valence-electron chi connectivity index (χ2n) is 4.88. The quantitative estimate of drug-likeness (QED) is 0.860. The Hall–Kier alpha value is -1.52. The summed E-state index contributed by atoms with van der Waals surface area (Å²) in [5, 5.41) is 3.72. The van der Waals surface area contributed by atoms with Gasteiger partial charge in [0.25, 0.3) is 0 Å². The number of benzene rings is 1. The van der Waals surface area contributed by atoms with Crippen LogP contribution in [0.5, 0.6) is 0 Å². The SMILES string of the molecule is CCCNC(Cc1ccc(F)cc1Cl)c1cncc(F)c1. The molecule has 112 valence electrons. The van der Waals surface area contributed by atoms with Crippen LogP contribution in [0.2, 0.25) is 5.02 Å². The lowest BCUT2D eigenvalue weighted by molar-refractivity contribution is 0.521. The monoisotopic (exact) mass is 310 g/mol. The first kappa shape index (κ1) is 15.9. The highest BCUT2D eigenvalue weighted by Crippen LogP contribution is 2.24. The molecule has 5 heteroatoms. The van der Waals surface area contributed by atoms with Crippen LogP contribution in [0, 0.1) is 11.6 Å². The van der Waals surface area contributed by atoms with Gasteiger partial charge in [-0.15, -0.1) is 0 Å². The summed E-state index contributed by atoms with van der Waals surface area (Å²) in [6, 6.07) is 5.67. The standard InChI is InChI=1S/C16H17ClF2N2/c1-2-5-21-16(12-6-14(19)10-20-9-12)7-11-3-4-13(18)8-15(11)17/h3-4,6,8-10,16,21H,2,5,7H2,1H3. The van der Waals surface area contributed by atoms with Gasteiger partial charge in [-0.3, -0.25) is 4.98 Å². The van der Waals surface area contributed by atoms with Crippen molar-refractivity contribution in [2.45, 2.75) is 25.8 Å². The zero-order valence-corrected chi connectivity index (χ0v) is 12.5. The van der Waals surface area contributed by atoms with Crippen LogP contribution < -0.4 is 5.32 Å². The lowest BCUT2D eigenvalue weighted by Gasteiger charge is -2.19. The van der Waals surface area contributed by atoms with Crippen LogP contribution in [-0.4, -0.2) is 11.5 Å². The van der Waals surface area contributed by atoms with Crippen molar-refractivity contribution in [2.75, 3.05) is 6.54 Å². The van der Waals surface area contributed by atoms with Gasteiger partial charge in [0.15, 0.2) is 0 Å². The van der Waals surface area contributed by atoms with Crippen molar-refractivity contribution in [1.29, 1.82) is 0 Å². The van der Waals surface area contributed by atoms with E-state index in [1.165, 1.54) is 24.4 Å². The van der Waals surface area contributed by atoms with Crippen LogP contribution in [0.3, 0.4) is 0 Å². The third-order valence-electron chi connectivity index (χ3n) is 3.21. The second kappa shape index (κ2) is 7.48. The lowest BCUT2D eigenvalue weighted by Crippen LogP contribution is -2.24. The van der Waals surface area contributed by atoms with Gasteiger partial charge in [-0.05, 0) is 48.7 Å². The molecular formula is C16H17ClF2N2. The highest BCUT2D eigenvalue weighted by atomic mass is 35.5. The second-order valence-corrected chi connectivity index (χ2v) is 5.29. The van der Waals surface area contributed by atoms with Gasteiger partial charge in [-0.25, -0.2) is 8.78 Å². The molecule has 21 heavy (non-hydrogen) atoms. The highest BCUT2D eigenvalue weighted by molar-refractivity contribution is 6.31. The molecule has 1 heterocycles. The number of pyridine rings is 1. The van der Waals surface area contributed by atoms with Gasteiger partial charge >= 0.3 is 0 Å². The van der Waals surface area contributed by atoms with Crippen LogP contribution in [0.25, 0.3) is 0 Å². The predicted octanol–water partition coefficient (Wildman–Crippen LogP) is 4.30. The predicted molar refractivity (Wildman–Crippen MR) is 80.3 cm³/mol. The van der Waals surface area contributed by atoms with Crippen LogP contribution >= 0.6 is 11.6 Å². The van der Waals surface area contributed by atoms with Crippen molar-refractivity contribution in [2.24, 2.45) is 0 Å². The van der Waals surface area contributed by atoms with Gasteiger partial charge < -0.3 is 5.32 Å². The highest BCUT2D eigenvalue weighted by Gasteiger charge is 2.15.